The summed E-state index contributed by atoms with van der Waals surface area (Å²) in [6.07, 6.45) is 2.06. The topological polar surface area (TPSA) is 96.5 Å². The van der Waals surface area contributed by atoms with Crippen molar-refractivity contribution in [2.45, 2.75) is 25.0 Å². The second-order valence-corrected chi connectivity index (χ2v) is 10.5. The van der Waals surface area contributed by atoms with Gasteiger partial charge in [-0.05, 0) is 79.6 Å². The number of rotatable bonds is 11. The molecule has 4 aromatic rings. The normalized spacial score (nSPS) is 16.0. The Bertz CT molecular complexity index is 1570. The smallest absolute Gasteiger partial charge is 0.242 e. The van der Waals surface area contributed by atoms with Crippen molar-refractivity contribution >= 4 is 40.6 Å². The number of benzene rings is 3. The van der Waals surface area contributed by atoms with E-state index in [2.05, 4.69) is 15.5 Å². The number of nitrogens with one attached hydrogen (secondary N) is 1. The molecule has 2 heterocycles. The van der Waals surface area contributed by atoms with Crippen LogP contribution in [0.3, 0.4) is 0 Å². The molecule has 0 spiro atoms. The van der Waals surface area contributed by atoms with Crippen molar-refractivity contribution in [3.05, 3.63) is 108 Å². The van der Waals surface area contributed by atoms with Crippen LogP contribution in [-0.4, -0.2) is 46.5 Å². The number of halogens is 1. The van der Waals surface area contributed by atoms with E-state index in [9.17, 15) is 14.0 Å². The minimum atomic E-state index is -0.633. The van der Waals surface area contributed by atoms with Gasteiger partial charge in [-0.15, -0.1) is 5.10 Å². The summed E-state index contributed by atoms with van der Waals surface area (Å²) < 4.78 is 24.5. The minimum Gasteiger partial charge on any atom is -0.494 e. The fourth-order valence-corrected chi connectivity index (χ4v) is 5.44. The van der Waals surface area contributed by atoms with Crippen molar-refractivity contribution in [2.24, 2.45) is 10.2 Å². The van der Waals surface area contributed by atoms with Gasteiger partial charge in [-0.1, -0.05) is 42.1 Å². The van der Waals surface area contributed by atoms with Gasteiger partial charge >= 0.3 is 0 Å². The lowest BCUT2D eigenvalue weighted by atomic mass is 10.1. The maximum absolute atomic E-state index is 13.4. The molecule has 214 valence electrons. The van der Waals surface area contributed by atoms with Crippen molar-refractivity contribution in [2.75, 3.05) is 18.5 Å². The summed E-state index contributed by atoms with van der Waals surface area (Å²) in [6.45, 7) is 2.86. The molecule has 1 unspecified atom stereocenters. The molecular weight excluding hydrogens is 555 g/mol. The molecule has 0 saturated carbocycles. The van der Waals surface area contributed by atoms with Gasteiger partial charge in [0, 0.05) is 24.2 Å². The molecule has 0 radical (unpaired) electrons. The van der Waals surface area contributed by atoms with Crippen LogP contribution >= 0.6 is 11.8 Å². The van der Waals surface area contributed by atoms with E-state index >= 15 is 0 Å². The molecule has 0 bridgehead atoms. The molecule has 1 aliphatic rings. The highest BCUT2D eigenvalue weighted by atomic mass is 32.2. The van der Waals surface area contributed by atoms with Gasteiger partial charge in [-0.3, -0.25) is 14.5 Å². The number of carbonyl (C=O) groups is 2. The second-order valence-electron chi connectivity index (χ2n) is 9.38. The Balaban J connectivity index is 1.27. The van der Waals surface area contributed by atoms with Crippen molar-refractivity contribution < 1.29 is 23.1 Å². The number of nitrogens with zero attached hydrogens (tertiary/aromatic N) is 3. The molecule has 1 aromatic heterocycles. The molecule has 1 atom stereocenters. The molecule has 0 aliphatic carbocycles. The van der Waals surface area contributed by atoms with E-state index in [0.29, 0.717) is 47.7 Å². The molecule has 42 heavy (non-hydrogen) atoms. The van der Waals surface area contributed by atoms with Gasteiger partial charge in [0.05, 0.1) is 12.8 Å². The molecule has 3 aromatic carbocycles. The van der Waals surface area contributed by atoms with E-state index in [1.807, 2.05) is 37.3 Å². The number of hydrogen-bond donors (Lipinski definition) is 1. The maximum Gasteiger partial charge on any atom is 0.242 e. The van der Waals surface area contributed by atoms with Crippen LogP contribution in [0.5, 0.6) is 5.75 Å². The SMILES string of the molecule is CCOc1ccc(NC(=O)CC2S/C(=N\N=C\c3ccc(-c4ccc(F)cc4)o3)N(CCc3ccccc3)C2=O)cc1. The Labute approximate surface area is 247 Å². The van der Waals surface area contributed by atoms with Crippen LogP contribution in [0.25, 0.3) is 11.3 Å². The molecule has 8 nitrogen and oxygen atoms in total. The number of furan rings is 1. The van der Waals surface area contributed by atoms with E-state index < -0.39 is 5.25 Å². The van der Waals surface area contributed by atoms with Crippen molar-refractivity contribution in [1.29, 1.82) is 0 Å². The molecule has 10 heteroatoms. The van der Waals surface area contributed by atoms with Gasteiger partial charge in [0.15, 0.2) is 5.17 Å². The molecule has 2 amide bonds. The van der Waals surface area contributed by atoms with E-state index in [0.717, 1.165) is 11.1 Å². The van der Waals surface area contributed by atoms with Gasteiger partial charge in [0.25, 0.3) is 0 Å². The van der Waals surface area contributed by atoms with Gasteiger partial charge in [-0.25, -0.2) is 4.39 Å². The molecular formula is C32H29FN4O4S. The summed E-state index contributed by atoms with van der Waals surface area (Å²) in [5, 5.41) is 11.1. The predicted octanol–water partition coefficient (Wildman–Crippen LogP) is 6.39. The lowest BCUT2D eigenvalue weighted by Crippen LogP contribution is -2.35. The Morgan fingerprint density at radius 1 is 1.05 bits per heavy atom. The summed E-state index contributed by atoms with van der Waals surface area (Å²) in [6, 6.07) is 26.4. The number of amidine groups is 1. The number of amides is 2. The highest BCUT2D eigenvalue weighted by Crippen LogP contribution is 2.30. The van der Waals surface area contributed by atoms with Crippen LogP contribution < -0.4 is 10.1 Å². The minimum absolute atomic E-state index is 0.0134. The zero-order chi connectivity index (χ0) is 29.3. The maximum atomic E-state index is 13.4. The number of ether oxygens (including phenoxy) is 1. The van der Waals surface area contributed by atoms with Crippen LogP contribution in [0.15, 0.2) is 106 Å². The fourth-order valence-electron chi connectivity index (χ4n) is 4.32. The first-order chi connectivity index (χ1) is 20.5. The molecule has 1 N–H and O–H groups in total. The molecule has 1 fully saturated rings. The number of anilines is 1. The first kappa shape index (κ1) is 28.8. The third-order valence-corrected chi connectivity index (χ3v) is 7.56. The molecule has 1 aliphatic heterocycles. The lowest BCUT2D eigenvalue weighted by Gasteiger charge is -2.15. The van der Waals surface area contributed by atoms with Crippen molar-refractivity contribution in [3.8, 4) is 17.1 Å². The second kappa shape index (κ2) is 13.8. The first-order valence-corrected chi connectivity index (χ1v) is 14.4. The first-order valence-electron chi connectivity index (χ1n) is 13.5. The molecule has 1 saturated heterocycles. The van der Waals surface area contributed by atoms with E-state index in [-0.39, 0.29) is 24.1 Å². The Morgan fingerprint density at radius 3 is 2.55 bits per heavy atom. The van der Waals surface area contributed by atoms with Gasteiger partial charge in [0.2, 0.25) is 11.8 Å². The van der Waals surface area contributed by atoms with Crippen LogP contribution in [0.1, 0.15) is 24.7 Å². The Morgan fingerprint density at radius 2 is 1.81 bits per heavy atom. The predicted molar refractivity (Wildman–Crippen MR) is 163 cm³/mol. The summed E-state index contributed by atoms with van der Waals surface area (Å²) in [5.41, 5.74) is 2.44. The van der Waals surface area contributed by atoms with Crippen LogP contribution in [0.2, 0.25) is 0 Å². The standard InChI is InChI=1S/C32H29FN4O4S/c1-2-40-26-14-12-25(13-15-26)35-30(38)20-29-31(39)37(19-18-22-6-4-3-5-7-22)32(42-29)36-34-21-27-16-17-28(41-27)23-8-10-24(33)11-9-23/h3-17,21,29H,2,18-20H2,1H3,(H,35,38)/b34-21+,36-32-. The van der Waals surface area contributed by atoms with Gasteiger partial charge in [0.1, 0.15) is 28.3 Å². The number of carbonyl (C=O) groups excluding carboxylic acids is 2. The van der Waals surface area contributed by atoms with E-state index in [1.165, 1.54) is 30.1 Å². The monoisotopic (exact) mass is 584 g/mol. The van der Waals surface area contributed by atoms with E-state index in [1.54, 1.807) is 53.4 Å². The van der Waals surface area contributed by atoms with Crippen LogP contribution in [-0.2, 0) is 16.0 Å². The summed E-state index contributed by atoms with van der Waals surface area (Å²) in [7, 11) is 0. The fraction of sp³-hybridized carbons (Fsp3) is 0.188. The third-order valence-electron chi connectivity index (χ3n) is 6.39. The van der Waals surface area contributed by atoms with Gasteiger partial charge < -0.3 is 14.5 Å². The Hall–Kier alpha value is -4.70. The van der Waals surface area contributed by atoms with E-state index in [4.69, 9.17) is 9.15 Å². The number of hydrogen-bond acceptors (Lipinski definition) is 7. The van der Waals surface area contributed by atoms with Crippen molar-refractivity contribution in [1.82, 2.24) is 4.90 Å². The van der Waals surface area contributed by atoms with Crippen LogP contribution in [0.4, 0.5) is 10.1 Å². The quantitative estimate of drug-likeness (QED) is 0.163. The summed E-state index contributed by atoms with van der Waals surface area (Å²) in [4.78, 5) is 27.8. The lowest BCUT2D eigenvalue weighted by molar-refractivity contribution is -0.128. The number of thioether (sulfide) groups is 1. The zero-order valence-electron chi connectivity index (χ0n) is 22.9. The van der Waals surface area contributed by atoms with Gasteiger partial charge in [-0.2, -0.15) is 5.10 Å². The largest absolute Gasteiger partial charge is 0.494 e. The summed E-state index contributed by atoms with van der Waals surface area (Å²) >= 11 is 1.21. The third kappa shape index (κ3) is 7.52. The summed E-state index contributed by atoms with van der Waals surface area (Å²) in [5.74, 6) is 0.946. The average Bonchev–Trinajstić information content (AvgIpc) is 3.58. The highest BCUT2D eigenvalue weighted by molar-refractivity contribution is 8.15. The molecule has 5 rings (SSSR count). The average molecular weight is 585 g/mol. The zero-order valence-corrected chi connectivity index (χ0v) is 23.7. The van der Waals surface area contributed by atoms with Crippen LogP contribution in [0, 0.1) is 5.82 Å². The van der Waals surface area contributed by atoms with Crippen molar-refractivity contribution in [3.63, 3.8) is 0 Å². The highest BCUT2D eigenvalue weighted by Gasteiger charge is 2.39. The Kier molecular flexibility index (Phi) is 9.45.